The van der Waals surface area contributed by atoms with Gasteiger partial charge in [0.2, 0.25) is 11.8 Å². The quantitative estimate of drug-likeness (QED) is 0.796. The lowest BCUT2D eigenvalue weighted by Crippen LogP contribution is -2.70. The summed E-state index contributed by atoms with van der Waals surface area (Å²) in [5, 5.41) is 8.11. The molecule has 6 nitrogen and oxygen atoms in total. The number of nitrogens with zero attached hydrogens (tertiary/aromatic N) is 3. The molecule has 0 aromatic carbocycles. The van der Waals surface area contributed by atoms with Crippen LogP contribution in [-0.2, 0) is 10.3 Å². The third kappa shape index (κ3) is 2.30. The van der Waals surface area contributed by atoms with Crippen LogP contribution in [0.25, 0.3) is 0 Å². The van der Waals surface area contributed by atoms with Crippen LogP contribution in [0.5, 0.6) is 0 Å². The zero-order chi connectivity index (χ0) is 15.4. The van der Waals surface area contributed by atoms with Crippen LogP contribution < -0.4 is 0 Å². The third-order valence-electron chi connectivity index (χ3n) is 4.27. The van der Waals surface area contributed by atoms with Gasteiger partial charge >= 0.3 is 6.09 Å². The van der Waals surface area contributed by atoms with Gasteiger partial charge in [-0.3, -0.25) is 4.90 Å². The van der Waals surface area contributed by atoms with Crippen LogP contribution in [0, 0.1) is 12.8 Å². The van der Waals surface area contributed by atoms with Crippen LogP contribution in [0.4, 0.5) is 4.79 Å². The van der Waals surface area contributed by atoms with E-state index in [-0.39, 0.29) is 12.1 Å². The maximum atomic E-state index is 12.6. The fourth-order valence-electron chi connectivity index (χ4n) is 3.71. The zero-order valence-electron chi connectivity index (χ0n) is 13.3. The predicted octanol–water partition coefficient (Wildman–Crippen LogP) is 3.01. The average molecular weight is 293 g/mol. The van der Waals surface area contributed by atoms with Crippen LogP contribution in [0.1, 0.15) is 58.7 Å². The summed E-state index contributed by atoms with van der Waals surface area (Å²) >= 11 is 0. The topological polar surface area (TPSA) is 68.5 Å². The Kier molecular flexibility index (Phi) is 3.04. The highest BCUT2D eigenvalue weighted by Gasteiger charge is 2.63. The van der Waals surface area contributed by atoms with Crippen molar-refractivity contribution in [3.63, 3.8) is 0 Å². The van der Waals surface area contributed by atoms with E-state index < -0.39 is 11.1 Å². The van der Waals surface area contributed by atoms with E-state index in [4.69, 9.17) is 9.15 Å². The number of rotatable bonds is 1. The molecule has 1 aromatic rings. The molecule has 0 N–H and O–H groups in total. The SMILES string of the molecule is Cc1nnc(C23CC(C)CC(C2)N3C(=O)OC(C)(C)C)o1. The number of carbonyl (C=O) groups excluding carboxylic acids is 1. The van der Waals surface area contributed by atoms with Crippen molar-refractivity contribution in [1.29, 1.82) is 0 Å². The first-order valence-electron chi connectivity index (χ1n) is 7.54. The maximum Gasteiger partial charge on any atom is 0.411 e. The minimum Gasteiger partial charge on any atom is -0.444 e. The highest BCUT2D eigenvalue weighted by atomic mass is 16.6. The molecule has 1 amide bonds. The lowest BCUT2D eigenvalue weighted by molar-refractivity contribution is -0.139. The molecule has 3 heterocycles. The van der Waals surface area contributed by atoms with Crippen molar-refractivity contribution in [1.82, 2.24) is 15.1 Å². The number of hydrogen-bond donors (Lipinski definition) is 0. The number of aryl methyl sites for hydroxylation is 1. The Hall–Kier alpha value is -1.59. The van der Waals surface area contributed by atoms with Crippen LogP contribution in [0.15, 0.2) is 4.42 Å². The molecule has 1 saturated carbocycles. The Labute approximate surface area is 124 Å². The largest absolute Gasteiger partial charge is 0.444 e. The number of amides is 1. The van der Waals surface area contributed by atoms with Gasteiger partial charge in [0, 0.05) is 19.4 Å². The molecule has 21 heavy (non-hydrogen) atoms. The fourth-order valence-corrected chi connectivity index (χ4v) is 3.71. The van der Waals surface area contributed by atoms with Crippen molar-refractivity contribution < 1.29 is 13.9 Å². The van der Waals surface area contributed by atoms with Gasteiger partial charge in [-0.1, -0.05) is 6.92 Å². The molecule has 2 saturated heterocycles. The number of fused-ring (bicyclic) bond motifs is 2. The van der Waals surface area contributed by atoms with Gasteiger partial charge in [0.15, 0.2) is 0 Å². The lowest BCUT2D eigenvalue weighted by Gasteiger charge is -2.60. The van der Waals surface area contributed by atoms with E-state index >= 15 is 0 Å². The number of piperidine rings is 1. The zero-order valence-corrected chi connectivity index (χ0v) is 13.3. The van der Waals surface area contributed by atoms with Crippen LogP contribution >= 0.6 is 0 Å². The molecule has 2 bridgehead atoms. The van der Waals surface area contributed by atoms with E-state index in [1.54, 1.807) is 6.92 Å². The Morgan fingerprint density at radius 2 is 2.10 bits per heavy atom. The molecule has 3 fully saturated rings. The Morgan fingerprint density at radius 3 is 2.67 bits per heavy atom. The molecule has 0 radical (unpaired) electrons. The van der Waals surface area contributed by atoms with Crippen molar-refractivity contribution in [2.45, 2.75) is 71.1 Å². The molecule has 2 aliphatic heterocycles. The molecule has 4 rings (SSSR count). The Morgan fingerprint density at radius 1 is 1.38 bits per heavy atom. The van der Waals surface area contributed by atoms with Gasteiger partial charge in [-0.15, -0.1) is 10.2 Å². The summed E-state index contributed by atoms with van der Waals surface area (Å²) in [4.78, 5) is 14.4. The smallest absolute Gasteiger partial charge is 0.411 e. The number of hydrogen-bond acceptors (Lipinski definition) is 5. The number of carbonyl (C=O) groups is 1. The van der Waals surface area contributed by atoms with Gasteiger partial charge in [0.1, 0.15) is 11.1 Å². The fraction of sp³-hybridized carbons (Fsp3) is 0.800. The summed E-state index contributed by atoms with van der Waals surface area (Å²) < 4.78 is 11.2. The summed E-state index contributed by atoms with van der Waals surface area (Å²) in [6, 6.07) is 0.218. The van der Waals surface area contributed by atoms with E-state index in [9.17, 15) is 4.79 Å². The molecule has 6 heteroatoms. The van der Waals surface area contributed by atoms with Crippen molar-refractivity contribution in [3.05, 3.63) is 11.8 Å². The van der Waals surface area contributed by atoms with Crippen molar-refractivity contribution in [3.8, 4) is 0 Å². The van der Waals surface area contributed by atoms with E-state index in [1.165, 1.54) is 0 Å². The minimum absolute atomic E-state index is 0.218. The normalized spacial score (nSPS) is 31.8. The Balaban J connectivity index is 1.91. The van der Waals surface area contributed by atoms with Gasteiger partial charge < -0.3 is 9.15 Å². The van der Waals surface area contributed by atoms with Crippen LogP contribution in [-0.4, -0.2) is 32.8 Å². The molecule has 3 unspecified atom stereocenters. The molecule has 3 atom stereocenters. The summed E-state index contributed by atoms with van der Waals surface area (Å²) in [5.74, 6) is 1.62. The highest BCUT2D eigenvalue weighted by molar-refractivity contribution is 5.71. The van der Waals surface area contributed by atoms with Gasteiger partial charge in [-0.2, -0.15) is 0 Å². The molecular weight excluding hydrogens is 270 g/mol. The molecule has 3 aliphatic rings. The van der Waals surface area contributed by atoms with Crippen molar-refractivity contribution in [2.24, 2.45) is 5.92 Å². The Bertz CT molecular complexity index is 563. The number of ether oxygens (including phenoxy) is 1. The lowest BCUT2D eigenvalue weighted by atomic mass is 9.64. The standard InChI is InChI=1S/C15H23N3O3/c1-9-6-11-8-15(7-9,12-17-16-10(2)20-12)18(11)13(19)21-14(3,4)5/h9,11H,6-8H2,1-5H3. The summed E-state index contributed by atoms with van der Waals surface area (Å²) in [5.41, 5.74) is -0.968. The monoisotopic (exact) mass is 293 g/mol. The first kappa shape index (κ1) is 14.4. The van der Waals surface area contributed by atoms with Gasteiger partial charge in [0.25, 0.3) is 0 Å². The molecular formula is C15H23N3O3. The van der Waals surface area contributed by atoms with Gasteiger partial charge in [0.05, 0.1) is 0 Å². The van der Waals surface area contributed by atoms with Crippen LogP contribution in [0.3, 0.4) is 0 Å². The average Bonchev–Trinajstić information content (AvgIpc) is 2.72. The first-order valence-corrected chi connectivity index (χ1v) is 7.54. The van der Waals surface area contributed by atoms with E-state index in [0.29, 0.717) is 17.7 Å². The molecule has 0 spiro atoms. The van der Waals surface area contributed by atoms with Crippen molar-refractivity contribution in [2.75, 3.05) is 0 Å². The molecule has 1 aromatic heterocycles. The molecule has 1 aliphatic carbocycles. The number of aromatic nitrogens is 2. The van der Waals surface area contributed by atoms with Gasteiger partial charge in [-0.05, 0) is 39.5 Å². The predicted molar refractivity (Wildman–Crippen MR) is 75.6 cm³/mol. The second-order valence-electron chi connectivity index (χ2n) is 7.41. The molecule has 116 valence electrons. The highest BCUT2D eigenvalue weighted by Crippen LogP contribution is 2.55. The minimum atomic E-state index is -0.501. The second kappa shape index (κ2) is 4.45. The second-order valence-corrected chi connectivity index (χ2v) is 7.41. The summed E-state index contributed by atoms with van der Waals surface area (Å²) in [6.45, 7) is 9.62. The van der Waals surface area contributed by atoms with E-state index in [1.807, 2.05) is 25.7 Å². The summed E-state index contributed by atoms with van der Waals surface area (Å²) in [7, 11) is 0. The first-order chi connectivity index (χ1) is 9.71. The summed E-state index contributed by atoms with van der Waals surface area (Å²) in [6.07, 6.45) is 2.47. The van der Waals surface area contributed by atoms with E-state index in [0.717, 1.165) is 19.3 Å². The maximum absolute atomic E-state index is 12.6. The van der Waals surface area contributed by atoms with Crippen molar-refractivity contribution >= 4 is 6.09 Å². The van der Waals surface area contributed by atoms with E-state index in [2.05, 4.69) is 17.1 Å². The van der Waals surface area contributed by atoms with Crippen LogP contribution in [0.2, 0.25) is 0 Å². The third-order valence-corrected chi connectivity index (χ3v) is 4.27. The van der Waals surface area contributed by atoms with Gasteiger partial charge in [-0.25, -0.2) is 4.79 Å².